The van der Waals surface area contributed by atoms with Crippen LogP contribution < -0.4 is 10.4 Å². The third kappa shape index (κ3) is 3.53. The Balaban J connectivity index is 1.62. The summed E-state index contributed by atoms with van der Waals surface area (Å²) in [5.74, 6) is 2.77. The lowest BCUT2D eigenvalue weighted by atomic mass is 10.2. The highest BCUT2D eigenvalue weighted by molar-refractivity contribution is 6.99. The number of aliphatic hydroxyl groups excluding tert-OH is 1. The molecule has 0 heterocycles. The summed E-state index contributed by atoms with van der Waals surface area (Å²) in [7, 11) is -2.39. The second kappa shape index (κ2) is 7.19. The second-order valence-corrected chi connectivity index (χ2v) is 13.8. The van der Waals surface area contributed by atoms with E-state index in [1.54, 1.807) is 0 Å². The number of rotatable bonds is 7. The van der Waals surface area contributed by atoms with E-state index in [-0.39, 0.29) is 5.04 Å². The molecular formula is C24H32O2Si. The summed E-state index contributed by atoms with van der Waals surface area (Å²) in [6.07, 6.45) is 2.50. The Morgan fingerprint density at radius 2 is 1.33 bits per heavy atom. The van der Waals surface area contributed by atoms with E-state index in [2.05, 4.69) is 81.4 Å². The van der Waals surface area contributed by atoms with Crippen LogP contribution in [0.1, 0.15) is 33.6 Å². The predicted molar refractivity (Wildman–Crippen MR) is 114 cm³/mol. The van der Waals surface area contributed by atoms with Gasteiger partial charge in [0.25, 0.3) is 8.32 Å². The molecule has 0 radical (unpaired) electrons. The fourth-order valence-electron chi connectivity index (χ4n) is 4.99. The van der Waals surface area contributed by atoms with Crippen LogP contribution in [0.25, 0.3) is 0 Å². The molecule has 2 aromatic carbocycles. The van der Waals surface area contributed by atoms with Gasteiger partial charge in [0.2, 0.25) is 0 Å². The standard InChI is InChI=1S/C24H32O2Si/c1-24(2,3)27(20-10-6-4-7-11-20,21-12-8-5-9-13-21)26-17-19-15-23(19)22-14-18(22)16-25/h4-13,18-19,22-23,25H,14-17H2,1-3H3/t18-,19-,22+,23+/m0/s1. The van der Waals surface area contributed by atoms with Gasteiger partial charge in [0.05, 0.1) is 0 Å². The summed E-state index contributed by atoms with van der Waals surface area (Å²) in [5, 5.41) is 12.2. The van der Waals surface area contributed by atoms with Crippen LogP contribution >= 0.6 is 0 Å². The van der Waals surface area contributed by atoms with Gasteiger partial charge in [-0.25, -0.2) is 0 Å². The molecule has 0 amide bonds. The van der Waals surface area contributed by atoms with Crippen molar-refractivity contribution >= 4 is 18.7 Å². The third-order valence-corrected chi connectivity index (χ3v) is 11.7. The van der Waals surface area contributed by atoms with Crippen LogP contribution in [0.2, 0.25) is 5.04 Å². The van der Waals surface area contributed by atoms with E-state index in [1.807, 2.05) is 0 Å². The van der Waals surface area contributed by atoms with E-state index in [0.717, 1.165) is 18.4 Å². The Kier molecular flexibility index (Phi) is 5.04. The highest BCUT2D eigenvalue weighted by atomic mass is 28.4. The van der Waals surface area contributed by atoms with Crippen LogP contribution in [-0.4, -0.2) is 26.6 Å². The Morgan fingerprint density at radius 1 is 0.852 bits per heavy atom. The SMILES string of the molecule is CC(C)(C)[Si](OC[C@@H]1C[C@H]1[C@@H]1C[C@H]1CO)(c1ccccc1)c1ccccc1. The summed E-state index contributed by atoms with van der Waals surface area (Å²) < 4.78 is 7.04. The van der Waals surface area contributed by atoms with Crippen molar-refractivity contribution in [2.24, 2.45) is 23.7 Å². The number of benzene rings is 2. The van der Waals surface area contributed by atoms with Crippen molar-refractivity contribution in [3.63, 3.8) is 0 Å². The van der Waals surface area contributed by atoms with Gasteiger partial charge in [-0.1, -0.05) is 81.4 Å². The van der Waals surface area contributed by atoms with E-state index in [9.17, 15) is 5.11 Å². The lowest BCUT2D eigenvalue weighted by molar-refractivity contribution is 0.254. The molecule has 3 heteroatoms. The summed E-state index contributed by atoms with van der Waals surface area (Å²) in [4.78, 5) is 0. The smallest absolute Gasteiger partial charge is 0.261 e. The molecule has 2 aliphatic rings. The van der Waals surface area contributed by atoms with Crippen LogP contribution in [0.4, 0.5) is 0 Å². The van der Waals surface area contributed by atoms with Crippen molar-refractivity contribution in [2.45, 2.75) is 38.7 Å². The Hall–Kier alpha value is -1.42. The molecule has 4 atom stereocenters. The van der Waals surface area contributed by atoms with Gasteiger partial charge in [0.1, 0.15) is 0 Å². The topological polar surface area (TPSA) is 29.5 Å². The molecule has 144 valence electrons. The summed E-state index contributed by atoms with van der Waals surface area (Å²) in [6.45, 7) is 8.24. The molecule has 0 aromatic heterocycles. The first-order valence-corrected chi connectivity index (χ1v) is 12.2. The number of aliphatic hydroxyl groups is 1. The fraction of sp³-hybridized carbons (Fsp3) is 0.500. The molecular weight excluding hydrogens is 348 g/mol. The zero-order chi connectivity index (χ0) is 19.1. The lowest BCUT2D eigenvalue weighted by Gasteiger charge is -2.43. The van der Waals surface area contributed by atoms with Gasteiger partial charge < -0.3 is 9.53 Å². The molecule has 0 aliphatic heterocycles. The highest BCUT2D eigenvalue weighted by Gasteiger charge is 2.55. The van der Waals surface area contributed by atoms with Gasteiger partial charge in [0, 0.05) is 13.2 Å². The van der Waals surface area contributed by atoms with E-state index >= 15 is 0 Å². The van der Waals surface area contributed by atoms with E-state index in [4.69, 9.17) is 4.43 Å². The Labute approximate surface area is 164 Å². The minimum absolute atomic E-state index is 0.0489. The predicted octanol–water partition coefficient (Wildman–Crippen LogP) is 3.83. The quantitative estimate of drug-likeness (QED) is 0.740. The largest absolute Gasteiger partial charge is 0.407 e. The average molecular weight is 381 g/mol. The lowest BCUT2D eigenvalue weighted by Crippen LogP contribution is -2.66. The molecule has 2 saturated carbocycles. The highest BCUT2D eigenvalue weighted by Crippen LogP contribution is 2.58. The number of hydrogen-bond donors (Lipinski definition) is 1. The van der Waals surface area contributed by atoms with E-state index < -0.39 is 8.32 Å². The van der Waals surface area contributed by atoms with Crippen LogP contribution in [0.5, 0.6) is 0 Å². The first kappa shape index (κ1) is 18.9. The van der Waals surface area contributed by atoms with Crippen molar-refractivity contribution in [2.75, 3.05) is 13.2 Å². The molecule has 2 nitrogen and oxygen atoms in total. The van der Waals surface area contributed by atoms with Crippen molar-refractivity contribution in [1.29, 1.82) is 0 Å². The molecule has 1 N–H and O–H groups in total. The molecule has 4 rings (SSSR count). The first-order chi connectivity index (χ1) is 13.0. The summed E-state index contributed by atoms with van der Waals surface area (Å²) >= 11 is 0. The molecule has 2 fully saturated rings. The summed E-state index contributed by atoms with van der Waals surface area (Å²) in [5.41, 5.74) is 0. The van der Waals surface area contributed by atoms with Crippen LogP contribution in [0.3, 0.4) is 0 Å². The Morgan fingerprint density at radius 3 is 1.78 bits per heavy atom. The molecule has 0 unspecified atom stereocenters. The van der Waals surface area contributed by atoms with Gasteiger partial charge in [-0.05, 0) is 51.9 Å². The van der Waals surface area contributed by atoms with Crippen LogP contribution in [0.15, 0.2) is 60.7 Å². The maximum atomic E-state index is 9.38. The Bertz CT molecular complexity index is 713. The minimum atomic E-state index is -2.39. The molecule has 0 spiro atoms. The average Bonchev–Trinajstić information content (AvgIpc) is 3.57. The molecule has 27 heavy (non-hydrogen) atoms. The monoisotopic (exact) mass is 380 g/mol. The molecule has 0 saturated heterocycles. The maximum absolute atomic E-state index is 9.38. The zero-order valence-electron chi connectivity index (χ0n) is 16.8. The van der Waals surface area contributed by atoms with Crippen LogP contribution in [-0.2, 0) is 4.43 Å². The van der Waals surface area contributed by atoms with Gasteiger partial charge in [-0.2, -0.15) is 0 Å². The third-order valence-electron chi connectivity index (χ3n) is 6.67. The van der Waals surface area contributed by atoms with Gasteiger partial charge >= 0.3 is 0 Å². The van der Waals surface area contributed by atoms with Gasteiger partial charge in [-0.3, -0.25) is 0 Å². The number of hydrogen-bond acceptors (Lipinski definition) is 2. The normalized spacial score (nSPS) is 27.4. The minimum Gasteiger partial charge on any atom is -0.407 e. The fourth-order valence-corrected chi connectivity index (χ4v) is 9.61. The van der Waals surface area contributed by atoms with Crippen molar-refractivity contribution in [3.8, 4) is 0 Å². The van der Waals surface area contributed by atoms with E-state index in [1.165, 1.54) is 23.2 Å². The van der Waals surface area contributed by atoms with Crippen molar-refractivity contribution in [3.05, 3.63) is 60.7 Å². The van der Waals surface area contributed by atoms with Crippen molar-refractivity contribution < 1.29 is 9.53 Å². The zero-order valence-corrected chi connectivity index (χ0v) is 17.8. The van der Waals surface area contributed by atoms with Gasteiger partial charge in [-0.15, -0.1) is 0 Å². The molecule has 2 aromatic rings. The summed E-state index contributed by atoms with van der Waals surface area (Å²) in [6, 6.07) is 21.8. The van der Waals surface area contributed by atoms with Gasteiger partial charge in [0.15, 0.2) is 0 Å². The molecule has 0 bridgehead atoms. The van der Waals surface area contributed by atoms with Crippen LogP contribution in [0, 0.1) is 23.7 Å². The molecule has 2 aliphatic carbocycles. The van der Waals surface area contributed by atoms with Crippen molar-refractivity contribution in [1.82, 2.24) is 0 Å². The maximum Gasteiger partial charge on any atom is 0.261 e. The first-order valence-electron chi connectivity index (χ1n) is 10.3. The van der Waals surface area contributed by atoms with E-state index in [0.29, 0.717) is 18.4 Å². The second-order valence-electron chi connectivity index (χ2n) is 9.48.